The number of carbonyl (C=O) groups excluding carboxylic acids is 1. The Balaban J connectivity index is 1.91. The Hall–Kier alpha value is -2.61. The van der Waals surface area contributed by atoms with Gasteiger partial charge in [0.2, 0.25) is 4.96 Å². The van der Waals surface area contributed by atoms with E-state index in [1.807, 2.05) is 0 Å². The molecule has 0 atom stereocenters. The summed E-state index contributed by atoms with van der Waals surface area (Å²) in [6.45, 7) is 1.78. The minimum absolute atomic E-state index is 0.275. The predicted molar refractivity (Wildman–Crippen MR) is 83.1 cm³/mol. The molecule has 0 aliphatic heterocycles. The Morgan fingerprint density at radius 2 is 2.05 bits per heavy atom. The molecule has 7 nitrogen and oxygen atoms in total. The zero-order valence-electron chi connectivity index (χ0n) is 12.3. The van der Waals surface area contributed by atoms with E-state index in [0.717, 1.165) is 0 Å². The summed E-state index contributed by atoms with van der Waals surface area (Å²) in [7, 11) is 3.11. The summed E-state index contributed by atoms with van der Waals surface area (Å²) < 4.78 is 11.9. The lowest BCUT2D eigenvalue weighted by atomic mass is 10.2. The summed E-state index contributed by atoms with van der Waals surface area (Å²) in [4.78, 5) is 17.5. The number of ether oxygens (including phenoxy) is 2. The summed E-state index contributed by atoms with van der Waals surface area (Å²) in [6.07, 6.45) is 0. The maximum atomic E-state index is 12.5. The fourth-order valence-corrected chi connectivity index (χ4v) is 2.82. The first-order chi connectivity index (χ1) is 10.6. The van der Waals surface area contributed by atoms with Crippen molar-refractivity contribution in [2.24, 2.45) is 0 Å². The topological polar surface area (TPSA) is 77.8 Å². The van der Waals surface area contributed by atoms with Crippen molar-refractivity contribution in [2.45, 2.75) is 6.92 Å². The molecule has 3 rings (SSSR count). The van der Waals surface area contributed by atoms with Gasteiger partial charge in [-0.3, -0.25) is 4.79 Å². The lowest BCUT2D eigenvalue weighted by Crippen LogP contribution is -2.16. The molecule has 0 fully saturated rings. The van der Waals surface area contributed by atoms with Crippen LogP contribution >= 0.6 is 11.3 Å². The van der Waals surface area contributed by atoms with Crippen LogP contribution in [0.3, 0.4) is 0 Å². The number of benzene rings is 1. The third-order valence-corrected chi connectivity index (χ3v) is 3.85. The van der Waals surface area contributed by atoms with Crippen LogP contribution in [0.4, 0.5) is 5.69 Å². The van der Waals surface area contributed by atoms with Crippen LogP contribution in [0.15, 0.2) is 23.7 Å². The van der Waals surface area contributed by atoms with Crippen LogP contribution in [0.25, 0.3) is 4.96 Å². The van der Waals surface area contributed by atoms with Crippen molar-refractivity contribution in [2.75, 3.05) is 19.5 Å². The van der Waals surface area contributed by atoms with Crippen molar-refractivity contribution >= 4 is 27.9 Å². The lowest BCUT2D eigenvalue weighted by Gasteiger charge is -2.10. The standard InChI is InChI=1S/C14H14N4O3S/c1-8-12(18-14(16-8)22-7-15-18)13(19)17-9-4-5-10(20-2)11(6-9)21-3/h4-7H,1-3H3,(H,17,19). The molecule has 0 radical (unpaired) electrons. The van der Waals surface area contributed by atoms with Gasteiger partial charge in [0.15, 0.2) is 17.2 Å². The van der Waals surface area contributed by atoms with E-state index in [4.69, 9.17) is 9.47 Å². The molecular formula is C14H14N4O3S. The Morgan fingerprint density at radius 1 is 1.27 bits per heavy atom. The highest BCUT2D eigenvalue weighted by Crippen LogP contribution is 2.30. The van der Waals surface area contributed by atoms with E-state index in [1.54, 1.807) is 44.9 Å². The number of rotatable bonds is 4. The van der Waals surface area contributed by atoms with E-state index >= 15 is 0 Å². The molecule has 0 spiro atoms. The van der Waals surface area contributed by atoms with Gasteiger partial charge in [-0.25, -0.2) is 4.98 Å². The van der Waals surface area contributed by atoms with Gasteiger partial charge in [-0.15, -0.1) is 0 Å². The minimum Gasteiger partial charge on any atom is -0.493 e. The molecule has 1 N–H and O–H groups in total. The number of carbonyl (C=O) groups is 1. The predicted octanol–water partition coefficient (Wildman–Crippen LogP) is 2.37. The molecule has 1 amide bonds. The van der Waals surface area contributed by atoms with Crippen LogP contribution in [-0.2, 0) is 0 Å². The number of nitrogens with zero attached hydrogens (tertiary/aromatic N) is 3. The Labute approximate surface area is 130 Å². The molecule has 3 aromatic rings. The lowest BCUT2D eigenvalue weighted by molar-refractivity contribution is 0.102. The van der Waals surface area contributed by atoms with E-state index < -0.39 is 0 Å². The van der Waals surface area contributed by atoms with Crippen LogP contribution in [0.5, 0.6) is 11.5 Å². The first-order valence-corrected chi connectivity index (χ1v) is 7.34. The largest absolute Gasteiger partial charge is 0.493 e. The summed E-state index contributed by atoms with van der Waals surface area (Å²) in [6, 6.07) is 5.18. The molecule has 114 valence electrons. The van der Waals surface area contributed by atoms with Crippen LogP contribution < -0.4 is 14.8 Å². The molecule has 0 aliphatic carbocycles. The van der Waals surface area contributed by atoms with Gasteiger partial charge in [-0.2, -0.15) is 9.61 Å². The van der Waals surface area contributed by atoms with Crippen LogP contribution in [0, 0.1) is 6.92 Å². The summed E-state index contributed by atoms with van der Waals surface area (Å²) >= 11 is 1.38. The molecule has 1 aromatic carbocycles. The second-order valence-electron chi connectivity index (χ2n) is 4.50. The van der Waals surface area contributed by atoms with E-state index in [-0.39, 0.29) is 5.91 Å². The van der Waals surface area contributed by atoms with Crippen LogP contribution in [0.1, 0.15) is 16.2 Å². The molecule has 0 saturated carbocycles. The van der Waals surface area contributed by atoms with Crippen LogP contribution in [0.2, 0.25) is 0 Å². The zero-order valence-corrected chi connectivity index (χ0v) is 13.1. The Kier molecular flexibility index (Phi) is 3.68. The highest BCUT2D eigenvalue weighted by atomic mass is 32.1. The number of aromatic nitrogens is 3. The first-order valence-electron chi connectivity index (χ1n) is 6.46. The number of hydrogen-bond donors (Lipinski definition) is 1. The second-order valence-corrected chi connectivity index (χ2v) is 5.31. The summed E-state index contributed by atoms with van der Waals surface area (Å²) in [5, 5.41) is 6.95. The number of imidazole rings is 1. The number of amides is 1. The average Bonchev–Trinajstić information content (AvgIpc) is 3.06. The highest BCUT2D eigenvalue weighted by Gasteiger charge is 2.19. The zero-order chi connectivity index (χ0) is 15.7. The van der Waals surface area contributed by atoms with Gasteiger partial charge < -0.3 is 14.8 Å². The van der Waals surface area contributed by atoms with Crippen molar-refractivity contribution in [3.8, 4) is 11.5 Å². The number of anilines is 1. The molecular weight excluding hydrogens is 304 g/mol. The van der Waals surface area contributed by atoms with E-state index in [0.29, 0.717) is 33.5 Å². The van der Waals surface area contributed by atoms with Crippen LogP contribution in [-0.4, -0.2) is 34.7 Å². The molecule has 0 saturated heterocycles. The fraction of sp³-hybridized carbons (Fsp3) is 0.214. The van der Waals surface area contributed by atoms with Gasteiger partial charge >= 0.3 is 0 Å². The van der Waals surface area contributed by atoms with Gasteiger partial charge in [0.25, 0.3) is 5.91 Å². The van der Waals surface area contributed by atoms with E-state index in [9.17, 15) is 4.79 Å². The van der Waals surface area contributed by atoms with Crippen molar-refractivity contribution in [1.29, 1.82) is 0 Å². The Bertz CT molecular complexity index is 840. The molecule has 8 heteroatoms. The van der Waals surface area contributed by atoms with Crippen molar-refractivity contribution in [3.63, 3.8) is 0 Å². The number of methoxy groups -OCH3 is 2. The smallest absolute Gasteiger partial charge is 0.276 e. The SMILES string of the molecule is COc1ccc(NC(=O)c2c(C)nc3scnn23)cc1OC. The number of aryl methyl sites for hydroxylation is 1. The van der Waals surface area contributed by atoms with Crippen molar-refractivity contribution < 1.29 is 14.3 Å². The molecule has 0 bridgehead atoms. The fourth-order valence-electron chi connectivity index (χ4n) is 2.16. The maximum absolute atomic E-state index is 12.5. The van der Waals surface area contributed by atoms with Crippen molar-refractivity contribution in [1.82, 2.24) is 14.6 Å². The first kappa shape index (κ1) is 14.3. The maximum Gasteiger partial charge on any atom is 0.276 e. The second kappa shape index (κ2) is 5.64. The van der Waals surface area contributed by atoms with Gasteiger partial charge in [0, 0.05) is 11.8 Å². The highest BCUT2D eigenvalue weighted by molar-refractivity contribution is 7.14. The third kappa shape index (κ3) is 2.37. The number of nitrogens with one attached hydrogen (secondary N) is 1. The number of fused-ring (bicyclic) bond motifs is 1. The third-order valence-electron chi connectivity index (χ3n) is 3.18. The van der Waals surface area contributed by atoms with Gasteiger partial charge in [0.05, 0.1) is 19.9 Å². The average molecular weight is 318 g/mol. The Morgan fingerprint density at radius 3 is 2.77 bits per heavy atom. The normalized spacial score (nSPS) is 10.7. The minimum atomic E-state index is -0.275. The van der Waals surface area contributed by atoms with Gasteiger partial charge in [0.1, 0.15) is 5.51 Å². The van der Waals surface area contributed by atoms with Crippen molar-refractivity contribution in [3.05, 3.63) is 35.1 Å². The van der Waals surface area contributed by atoms with Gasteiger partial charge in [-0.05, 0) is 19.1 Å². The van der Waals surface area contributed by atoms with E-state index in [1.165, 1.54) is 15.9 Å². The van der Waals surface area contributed by atoms with E-state index in [2.05, 4.69) is 15.4 Å². The molecule has 0 aliphatic rings. The number of hydrogen-bond acceptors (Lipinski definition) is 6. The molecule has 2 heterocycles. The molecule has 22 heavy (non-hydrogen) atoms. The quantitative estimate of drug-likeness (QED) is 0.799. The molecule has 2 aromatic heterocycles. The summed E-state index contributed by atoms with van der Waals surface area (Å²) in [5.74, 6) is 0.871. The summed E-state index contributed by atoms with van der Waals surface area (Å²) in [5.41, 5.74) is 3.31. The molecule has 0 unspecified atom stereocenters. The monoisotopic (exact) mass is 318 g/mol. The van der Waals surface area contributed by atoms with Gasteiger partial charge in [-0.1, -0.05) is 11.3 Å².